The van der Waals surface area contributed by atoms with Crippen molar-refractivity contribution in [3.63, 3.8) is 0 Å². The van der Waals surface area contributed by atoms with Gasteiger partial charge in [-0.3, -0.25) is 0 Å². The molecule has 2 aliphatic rings. The standard InChI is InChI=1S/C49H40BN3/c1-3-4-5-7-18-33-30-39-37-28-29-44-46(38-22-12-15-27-43(38)51(44)34-19-8-6-9-20-34)49(37)53(41-25-13-10-17-32(41)2)50-40-24-16-23-36-35-21-11-14-26-42(35)52(48(36)40)45(31-33)47(39)50/h6,8-17,19-31H,3-5,7,18H2,1-2H3. The second-order valence-electron chi connectivity index (χ2n) is 15.1. The lowest BCUT2D eigenvalue weighted by Gasteiger charge is -2.43. The number of aromatic nitrogens is 2. The highest BCUT2D eigenvalue weighted by Crippen LogP contribution is 2.50. The van der Waals surface area contributed by atoms with Gasteiger partial charge in [0.2, 0.25) is 0 Å². The SMILES string of the molecule is CCCCCCc1cc2c3c(c1)-n1c4ccccc4c4cccc(c41)B3N(c1ccccc1C)c1c-2ccc2c1c1ccccc1n2-c1ccccc1. The molecule has 0 radical (unpaired) electrons. The normalized spacial score (nSPS) is 13.0. The molecule has 53 heavy (non-hydrogen) atoms. The zero-order chi connectivity index (χ0) is 35.2. The Balaban J connectivity index is 1.32. The van der Waals surface area contributed by atoms with Crippen LogP contribution >= 0.6 is 0 Å². The predicted molar refractivity (Wildman–Crippen MR) is 227 cm³/mol. The molecule has 4 heterocycles. The summed E-state index contributed by atoms with van der Waals surface area (Å²) >= 11 is 0. The molecule has 0 atom stereocenters. The number of hydrogen-bond donors (Lipinski definition) is 0. The minimum Gasteiger partial charge on any atom is -0.376 e. The maximum absolute atomic E-state index is 2.72. The summed E-state index contributed by atoms with van der Waals surface area (Å²) < 4.78 is 5.07. The van der Waals surface area contributed by atoms with E-state index >= 15 is 0 Å². The molecule has 0 amide bonds. The van der Waals surface area contributed by atoms with Crippen molar-refractivity contribution in [2.24, 2.45) is 0 Å². The zero-order valence-corrected chi connectivity index (χ0v) is 30.3. The van der Waals surface area contributed by atoms with E-state index in [1.165, 1.54) is 125 Å². The van der Waals surface area contributed by atoms with Gasteiger partial charge in [0.15, 0.2) is 0 Å². The van der Waals surface area contributed by atoms with Gasteiger partial charge in [-0.1, -0.05) is 129 Å². The van der Waals surface area contributed by atoms with Gasteiger partial charge >= 0.3 is 6.85 Å². The van der Waals surface area contributed by atoms with E-state index in [4.69, 9.17) is 0 Å². The first-order chi connectivity index (χ1) is 26.2. The molecule has 3 nitrogen and oxygen atoms in total. The number of benzene rings is 7. The Morgan fingerprint density at radius 2 is 1.28 bits per heavy atom. The van der Waals surface area contributed by atoms with Gasteiger partial charge in [0.05, 0.1) is 22.1 Å². The van der Waals surface area contributed by atoms with Crippen LogP contribution < -0.4 is 15.7 Å². The van der Waals surface area contributed by atoms with Crippen LogP contribution in [0.5, 0.6) is 0 Å². The minimum atomic E-state index is -0.00677. The lowest BCUT2D eigenvalue weighted by Crippen LogP contribution is -2.60. The maximum atomic E-state index is 2.72. The van der Waals surface area contributed by atoms with Crippen LogP contribution in [-0.4, -0.2) is 16.0 Å². The van der Waals surface area contributed by atoms with Gasteiger partial charge in [0, 0.05) is 49.9 Å². The highest BCUT2D eigenvalue weighted by molar-refractivity contribution is 6.94. The second kappa shape index (κ2) is 11.8. The van der Waals surface area contributed by atoms with Crippen LogP contribution in [0.15, 0.2) is 146 Å². The number of nitrogens with zero attached hydrogens (tertiary/aromatic N) is 3. The molecular formula is C49H40BN3. The minimum absolute atomic E-state index is 0.00677. The van der Waals surface area contributed by atoms with E-state index in [1.54, 1.807) is 0 Å². The smallest absolute Gasteiger partial charge is 0.333 e. The number of aryl methyl sites for hydroxylation is 2. The van der Waals surface area contributed by atoms with Gasteiger partial charge in [0.25, 0.3) is 0 Å². The number of fused-ring (bicyclic) bond motifs is 11. The summed E-state index contributed by atoms with van der Waals surface area (Å²) in [5.41, 5.74) is 18.3. The van der Waals surface area contributed by atoms with E-state index in [0.717, 1.165) is 6.42 Å². The zero-order valence-electron chi connectivity index (χ0n) is 30.3. The largest absolute Gasteiger partial charge is 0.376 e. The third-order valence-electron chi connectivity index (χ3n) is 12.1. The molecule has 254 valence electrons. The van der Waals surface area contributed by atoms with Crippen LogP contribution in [0.4, 0.5) is 11.4 Å². The van der Waals surface area contributed by atoms with E-state index in [1.807, 2.05) is 0 Å². The first-order valence-corrected chi connectivity index (χ1v) is 19.4. The molecule has 0 saturated heterocycles. The molecule has 11 rings (SSSR count). The molecule has 0 saturated carbocycles. The predicted octanol–water partition coefficient (Wildman–Crippen LogP) is 11.5. The van der Waals surface area contributed by atoms with Crippen molar-refractivity contribution in [3.8, 4) is 22.5 Å². The van der Waals surface area contributed by atoms with Crippen LogP contribution in [-0.2, 0) is 6.42 Å². The molecule has 4 heteroatoms. The van der Waals surface area contributed by atoms with Crippen LogP contribution in [0.2, 0.25) is 0 Å². The van der Waals surface area contributed by atoms with Crippen molar-refractivity contribution >= 4 is 72.8 Å². The second-order valence-corrected chi connectivity index (χ2v) is 15.1. The summed E-state index contributed by atoms with van der Waals surface area (Å²) in [6, 6.07) is 54.8. The molecule has 0 unspecified atom stereocenters. The summed E-state index contributed by atoms with van der Waals surface area (Å²) in [7, 11) is 0. The quantitative estimate of drug-likeness (QED) is 0.121. The average Bonchev–Trinajstić information content (AvgIpc) is 3.73. The van der Waals surface area contributed by atoms with Gasteiger partial charge in [-0.05, 0) is 89.8 Å². The van der Waals surface area contributed by atoms with Gasteiger partial charge in [0.1, 0.15) is 0 Å². The molecule has 9 aromatic rings. The highest BCUT2D eigenvalue weighted by atomic mass is 15.1. The van der Waals surface area contributed by atoms with Crippen LogP contribution in [0, 0.1) is 6.92 Å². The Bertz CT molecular complexity index is 2910. The van der Waals surface area contributed by atoms with E-state index < -0.39 is 0 Å². The monoisotopic (exact) mass is 681 g/mol. The van der Waals surface area contributed by atoms with E-state index in [-0.39, 0.29) is 6.85 Å². The maximum Gasteiger partial charge on any atom is 0.333 e. The fraction of sp³-hybridized carbons (Fsp3) is 0.143. The van der Waals surface area contributed by atoms with Crippen molar-refractivity contribution in [1.29, 1.82) is 0 Å². The highest BCUT2D eigenvalue weighted by Gasteiger charge is 2.45. The molecule has 0 aliphatic carbocycles. The molecule has 2 aliphatic heterocycles. The Hall–Kier alpha value is -6.00. The summed E-state index contributed by atoms with van der Waals surface area (Å²) in [5.74, 6) is 0. The summed E-state index contributed by atoms with van der Waals surface area (Å²) in [6.45, 7) is 4.57. The number of para-hydroxylation sites is 5. The molecule has 0 bridgehead atoms. The molecular weight excluding hydrogens is 641 g/mol. The van der Waals surface area contributed by atoms with Crippen molar-refractivity contribution < 1.29 is 0 Å². The van der Waals surface area contributed by atoms with Crippen molar-refractivity contribution in [1.82, 2.24) is 9.13 Å². The van der Waals surface area contributed by atoms with E-state index in [0.29, 0.717) is 0 Å². The average molecular weight is 682 g/mol. The van der Waals surface area contributed by atoms with Gasteiger partial charge in [-0.2, -0.15) is 0 Å². The van der Waals surface area contributed by atoms with Gasteiger partial charge < -0.3 is 13.9 Å². The van der Waals surface area contributed by atoms with Gasteiger partial charge in [-0.15, -0.1) is 0 Å². The lowest BCUT2D eigenvalue weighted by atomic mass is 9.43. The first-order valence-electron chi connectivity index (χ1n) is 19.4. The van der Waals surface area contributed by atoms with Gasteiger partial charge in [-0.25, -0.2) is 0 Å². The number of hydrogen-bond acceptors (Lipinski definition) is 1. The number of anilines is 2. The summed E-state index contributed by atoms with van der Waals surface area (Å²) in [6.07, 6.45) is 6.09. The third-order valence-corrected chi connectivity index (χ3v) is 12.1. The number of rotatable bonds is 7. The van der Waals surface area contributed by atoms with Crippen LogP contribution in [0.1, 0.15) is 43.7 Å². The van der Waals surface area contributed by atoms with E-state index in [2.05, 4.69) is 173 Å². The van der Waals surface area contributed by atoms with Crippen molar-refractivity contribution in [2.45, 2.75) is 46.0 Å². The third kappa shape index (κ3) is 4.30. The Kier molecular flexibility index (Phi) is 6.79. The summed E-state index contributed by atoms with van der Waals surface area (Å²) in [5, 5.41) is 5.24. The fourth-order valence-corrected chi connectivity index (χ4v) is 9.82. The Morgan fingerprint density at radius 1 is 0.547 bits per heavy atom. The van der Waals surface area contributed by atoms with Crippen molar-refractivity contribution in [2.75, 3.05) is 4.81 Å². The van der Waals surface area contributed by atoms with Crippen LogP contribution in [0.3, 0.4) is 0 Å². The van der Waals surface area contributed by atoms with Crippen molar-refractivity contribution in [3.05, 3.63) is 157 Å². The Morgan fingerprint density at radius 3 is 2.11 bits per heavy atom. The molecule has 0 N–H and O–H groups in total. The summed E-state index contributed by atoms with van der Waals surface area (Å²) in [4.78, 5) is 2.72. The molecule has 0 fully saturated rings. The fourth-order valence-electron chi connectivity index (χ4n) is 9.82. The first kappa shape index (κ1) is 30.6. The molecule has 2 aromatic heterocycles. The number of unbranched alkanes of at least 4 members (excludes halogenated alkanes) is 3. The van der Waals surface area contributed by atoms with Crippen LogP contribution in [0.25, 0.3) is 66.1 Å². The molecule has 7 aromatic carbocycles. The Labute approximate surface area is 310 Å². The van der Waals surface area contributed by atoms with E-state index in [9.17, 15) is 0 Å². The topological polar surface area (TPSA) is 13.1 Å². The molecule has 0 spiro atoms. The lowest BCUT2D eigenvalue weighted by molar-refractivity contribution is 0.667.